The Labute approximate surface area is 268 Å². The number of amides is 3. The maximum atomic E-state index is 13.4. The lowest BCUT2D eigenvalue weighted by atomic mass is 9.96. The number of nitrogens with zero attached hydrogens (tertiary/aromatic N) is 4. The van der Waals surface area contributed by atoms with Gasteiger partial charge in [-0.2, -0.15) is 5.01 Å². The number of aromatic nitrogens is 4. The maximum absolute atomic E-state index is 13.4. The smallest absolute Gasteiger partial charge is 0.332 e. The Morgan fingerprint density at radius 2 is 1.30 bits per heavy atom. The summed E-state index contributed by atoms with van der Waals surface area (Å²) in [6.07, 6.45) is 1.33. The number of ether oxygens (including phenoxy) is 1. The summed E-state index contributed by atoms with van der Waals surface area (Å²) in [5, 5.41) is 0.716. The quantitative estimate of drug-likeness (QED) is 0.211. The van der Waals surface area contributed by atoms with Crippen molar-refractivity contribution in [1.82, 2.24) is 29.5 Å². The van der Waals surface area contributed by atoms with E-state index in [2.05, 4.69) is 15.4 Å². The number of benzene rings is 3. The first-order chi connectivity index (χ1) is 22.8. The second-order valence-electron chi connectivity index (χ2n) is 11.0. The molecule has 0 spiro atoms. The van der Waals surface area contributed by atoms with E-state index in [1.165, 1.54) is 9.13 Å². The molecule has 238 valence electrons. The van der Waals surface area contributed by atoms with Gasteiger partial charge in [0.05, 0.1) is 11.1 Å². The standard InChI is InChI=1S/C35H32N6O6/c1-3-19-39-31-29(34(45)40(20-4-2)35(39)46)36-30(37-31)24-15-17-25(18-16-24)47-21-26(42)38-41-32(43)27(22-11-7-5-8-12-22)28(33(41)44)23-13-9-6-10-14-23/h5-18H,3-4,19-21H2,1-2H3,(H,36,37)(H,38,42). The summed E-state index contributed by atoms with van der Waals surface area (Å²) in [4.78, 5) is 73.4. The molecule has 0 fully saturated rings. The van der Waals surface area contributed by atoms with Crippen LogP contribution in [-0.2, 0) is 27.5 Å². The second kappa shape index (κ2) is 13.1. The van der Waals surface area contributed by atoms with Gasteiger partial charge in [0.25, 0.3) is 23.3 Å². The summed E-state index contributed by atoms with van der Waals surface area (Å²) in [7, 11) is 0. The SMILES string of the molecule is CCCn1c(=O)c2[nH]c(-c3ccc(OCC(=O)NN4C(=O)C(c5ccccc5)=C(c5ccccc5)C4=O)cc3)nc2n(CCC)c1=O. The van der Waals surface area contributed by atoms with Crippen molar-refractivity contribution in [2.24, 2.45) is 0 Å². The number of aromatic amines is 1. The number of hydrazine groups is 1. The predicted octanol–water partition coefficient (Wildman–Crippen LogP) is 3.76. The summed E-state index contributed by atoms with van der Waals surface area (Å²) in [6.45, 7) is 4.11. The van der Waals surface area contributed by atoms with Gasteiger partial charge >= 0.3 is 5.69 Å². The largest absolute Gasteiger partial charge is 0.484 e. The molecule has 1 aliphatic heterocycles. The highest BCUT2D eigenvalue weighted by Crippen LogP contribution is 2.34. The molecule has 0 bridgehead atoms. The third-order valence-electron chi connectivity index (χ3n) is 7.70. The van der Waals surface area contributed by atoms with Gasteiger partial charge in [0.15, 0.2) is 12.3 Å². The Hall–Kier alpha value is -6.04. The first-order valence-corrected chi connectivity index (χ1v) is 15.3. The molecule has 3 heterocycles. The molecule has 0 saturated heterocycles. The fourth-order valence-electron chi connectivity index (χ4n) is 5.54. The Bertz CT molecular complexity index is 2070. The van der Waals surface area contributed by atoms with Crippen LogP contribution in [0.3, 0.4) is 0 Å². The van der Waals surface area contributed by atoms with E-state index in [1.807, 2.05) is 26.0 Å². The summed E-state index contributed by atoms with van der Waals surface area (Å²) < 4.78 is 8.39. The van der Waals surface area contributed by atoms with Crippen molar-refractivity contribution in [3.8, 4) is 17.1 Å². The summed E-state index contributed by atoms with van der Waals surface area (Å²) >= 11 is 0. The van der Waals surface area contributed by atoms with Crippen LogP contribution in [0.1, 0.15) is 37.8 Å². The second-order valence-corrected chi connectivity index (χ2v) is 11.0. The number of carbonyl (C=O) groups excluding carboxylic acids is 3. The molecule has 12 heteroatoms. The lowest BCUT2D eigenvalue weighted by Crippen LogP contribution is -2.48. The fourth-order valence-corrected chi connectivity index (χ4v) is 5.54. The number of nitrogens with one attached hydrogen (secondary N) is 2. The zero-order valence-electron chi connectivity index (χ0n) is 25.9. The number of aryl methyl sites for hydroxylation is 1. The van der Waals surface area contributed by atoms with Gasteiger partial charge in [-0.05, 0) is 48.2 Å². The lowest BCUT2D eigenvalue weighted by Gasteiger charge is -2.16. The molecule has 6 rings (SSSR count). The van der Waals surface area contributed by atoms with Gasteiger partial charge in [-0.1, -0.05) is 74.5 Å². The van der Waals surface area contributed by atoms with Crippen LogP contribution in [0.2, 0.25) is 0 Å². The zero-order valence-corrected chi connectivity index (χ0v) is 25.9. The molecule has 1 aliphatic rings. The van der Waals surface area contributed by atoms with Crippen molar-refractivity contribution in [3.63, 3.8) is 0 Å². The van der Waals surface area contributed by atoms with Gasteiger partial charge in [-0.25, -0.2) is 9.78 Å². The molecule has 12 nitrogen and oxygen atoms in total. The van der Waals surface area contributed by atoms with E-state index in [4.69, 9.17) is 4.74 Å². The highest BCUT2D eigenvalue weighted by molar-refractivity contribution is 6.49. The number of imide groups is 1. The van der Waals surface area contributed by atoms with Gasteiger partial charge in [0, 0.05) is 18.7 Å². The van der Waals surface area contributed by atoms with Gasteiger partial charge < -0.3 is 9.72 Å². The molecule has 0 atom stereocenters. The topological polar surface area (TPSA) is 148 Å². The normalized spacial score (nSPS) is 13.1. The van der Waals surface area contributed by atoms with E-state index in [0.717, 1.165) is 0 Å². The predicted molar refractivity (Wildman–Crippen MR) is 176 cm³/mol. The Morgan fingerprint density at radius 1 is 0.745 bits per heavy atom. The Balaban J connectivity index is 1.16. The fraction of sp³-hybridized carbons (Fsp3) is 0.200. The Kier molecular flexibility index (Phi) is 8.65. The van der Waals surface area contributed by atoms with Crippen molar-refractivity contribution in [2.75, 3.05) is 6.61 Å². The van der Waals surface area contributed by atoms with Crippen LogP contribution in [0.4, 0.5) is 0 Å². The monoisotopic (exact) mass is 632 g/mol. The zero-order chi connectivity index (χ0) is 33.1. The summed E-state index contributed by atoms with van der Waals surface area (Å²) in [6, 6.07) is 24.3. The lowest BCUT2D eigenvalue weighted by molar-refractivity contribution is -0.146. The number of hydrogen-bond acceptors (Lipinski definition) is 7. The number of carbonyl (C=O) groups is 3. The minimum absolute atomic E-state index is 0.195. The van der Waals surface area contributed by atoms with E-state index in [9.17, 15) is 24.0 Å². The van der Waals surface area contributed by atoms with E-state index in [0.29, 0.717) is 64.9 Å². The van der Waals surface area contributed by atoms with Crippen LogP contribution in [0.5, 0.6) is 5.75 Å². The first kappa shape index (κ1) is 31.0. The minimum Gasteiger partial charge on any atom is -0.484 e. The van der Waals surface area contributed by atoms with Gasteiger partial charge in [0.1, 0.15) is 17.1 Å². The molecule has 2 aromatic heterocycles. The highest BCUT2D eigenvalue weighted by Gasteiger charge is 2.40. The van der Waals surface area contributed by atoms with Crippen LogP contribution in [-0.4, -0.2) is 48.4 Å². The molecule has 0 unspecified atom stereocenters. The number of rotatable bonds is 11. The van der Waals surface area contributed by atoms with Crippen LogP contribution < -0.4 is 21.4 Å². The van der Waals surface area contributed by atoms with Crippen LogP contribution in [0.15, 0.2) is 94.5 Å². The number of H-pyrrole nitrogens is 1. The molecule has 47 heavy (non-hydrogen) atoms. The average molecular weight is 633 g/mol. The third-order valence-corrected chi connectivity index (χ3v) is 7.70. The van der Waals surface area contributed by atoms with Gasteiger partial charge in [0.2, 0.25) is 0 Å². The van der Waals surface area contributed by atoms with Crippen molar-refractivity contribution in [3.05, 3.63) is 117 Å². The molecule has 0 aliphatic carbocycles. The minimum atomic E-state index is -0.702. The van der Waals surface area contributed by atoms with E-state index < -0.39 is 29.9 Å². The van der Waals surface area contributed by atoms with Crippen molar-refractivity contribution < 1.29 is 19.1 Å². The average Bonchev–Trinajstić information content (AvgIpc) is 3.64. The number of fused-ring (bicyclic) bond motifs is 1. The van der Waals surface area contributed by atoms with E-state index in [1.54, 1.807) is 72.8 Å². The van der Waals surface area contributed by atoms with Gasteiger partial charge in [-0.15, -0.1) is 0 Å². The first-order valence-electron chi connectivity index (χ1n) is 15.3. The van der Waals surface area contributed by atoms with E-state index in [-0.39, 0.29) is 22.4 Å². The number of hydrogen-bond donors (Lipinski definition) is 2. The molecule has 0 radical (unpaired) electrons. The third kappa shape index (κ3) is 5.88. The molecular weight excluding hydrogens is 600 g/mol. The van der Waals surface area contributed by atoms with Crippen LogP contribution in [0, 0.1) is 0 Å². The molecule has 2 N–H and O–H groups in total. The van der Waals surface area contributed by atoms with Crippen molar-refractivity contribution in [1.29, 1.82) is 0 Å². The number of imidazole rings is 1. The van der Waals surface area contributed by atoms with Crippen molar-refractivity contribution in [2.45, 2.75) is 39.8 Å². The molecule has 5 aromatic rings. The maximum Gasteiger partial charge on any atom is 0.332 e. The summed E-state index contributed by atoms with van der Waals surface area (Å²) in [5.74, 6) is -1.24. The highest BCUT2D eigenvalue weighted by atomic mass is 16.5. The van der Waals surface area contributed by atoms with Crippen LogP contribution >= 0.6 is 0 Å². The van der Waals surface area contributed by atoms with Gasteiger partial charge in [-0.3, -0.25) is 33.7 Å². The van der Waals surface area contributed by atoms with E-state index >= 15 is 0 Å². The Morgan fingerprint density at radius 3 is 1.85 bits per heavy atom. The van der Waals surface area contributed by atoms with Crippen molar-refractivity contribution >= 4 is 40.0 Å². The van der Waals surface area contributed by atoms with Crippen LogP contribution in [0.25, 0.3) is 33.7 Å². The molecule has 3 aromatic carbocycles. The summed E-state index contributed by atoms with van der Waals surface area (Å²) in [5.41, 5.74) is 4.29. The molecular formula is C35H32N6O6. The molecule has 3 amide bonds. The molecule has 0 saturated carbocycles.